The maximum atomic E-state index is 5.16. The van der Waals surface area contributed by atoms with Gasteiger partial charge in [0.1, 0.15) is 11.5 Å². The van der Waals surface area contributed by atoms with E-state index in [4.69, 9.17) is 9.47 Å². The smallest absolute Gasteiger partial charge is 0.118 e. The number of methoxy groups -OCH3 is 2. The van der Waals surface area contributed by atoms with Crippen LogP contribution in [0.2, 0.25) is 0 Å². The van der Waals surface area contributed by atoms with Crippen molar-refractivity contribution in [2.75, 3.05) is 14.2 Å². The van der Waals surface area contributed by atoms with E-state index >= 15 is 0 Å². The molecule has 27 heavy (non-hydrogen) atoms. The summed E-state index contributed by atoms with van der Waals surface area (Å²) in [5.41, 5.74) is 4.99. The Morgan fingerprint density at radius 3 is 1.48 bits per heavy atom. The number of ether oxygens (including phenoxy) is 2. The van der Waals surface area contributed by atoms with Gasteiger partial charge in [0.15, 0.2) is 0 Å². The van der Waals surface area contributed by atoms with E-state index in [0.29, 0.717) is 0 Å². The SMILES string of the molecule is COc1ccc(C#Cc2ccc(C#Cc3ccc(OC)cc3)c(C)c2)cc1. The summed E-state index contributed by atoms with van der Waals surface area (Å²) in [7, 11) is 3.31. The van der Waals surface area contributed by atoms with Crippen molar-refractivity contribution >= 4 is 0 Å². The zero-order valence-electron chi connectivity index (χ0n) is 15.7. The average Bonchev–Trinajstić information content (AvgIpc) is 2.72. The minimum atomic E-state index is 0.830. The third kappa shape index (κ3) is 4.94. The topological polar surface area (TPSA) is 18.5 Å². The van der Waals surface area contributed by atoms with E-state index in [1.165, 1.54) is 0 Å². The molecule has 0 atom stereocenters. The van der Waals surface area contributed by atoms with E-state index in [2.05, 4.69) is 36.7 Å². The Bertz CT molecular complexity index is 1040. The van der Waals surface area contributed by atoms with E-state index in [-0.39, 0.29) is 0 Å². The number of aryl methyl sites for hydroxylation is 1. The summed E-state index contributed by atoms with van der Waals surface area (Å²) >= 11 is 0. The van der Waals surface area contributed by atoms with Crippen LogP contribution in [0.25, 0.3) is 0 Å². The van der Waals surface area contributed by atoms with Gasteiger partial charge in [-0.2, -0.15) is 0 Å². The number of benzene rings is 3. The fraction of sp³-hybridized carbons (Fsp3) is 0.120. The first-order valence-electron chi connectivity index (χ1n) is 8.61. The van der Waals surface area contributed by atoms with Gasteiger partial charge in [-0.15, -0.1) is 0 Å². The lowest BCUT2D eigenvalue weighted by Crippen LogP contribution is -1.86. The first kappa shape index (κ1) is 18.2. The van der Waals surface area contributed by atoms with Gasteiger partial charge in [-0.3, -0.25) is 0 Å². The molecule has 3 aromatic rings. The molecule has 0 amide bonds. The molecule has 2 nitrogen and oxygen atoms in total. The van der Waals surface area contributed by atoms with Crippen molar-refractivity contribution in [1.82, 2.24) is 0 Å². The lowest BCUT2D eigenvalue weighted by Gasteiger charge is -2.00. The summed E-state index contributed by atoms with van der Waals surface area (Å²) in [4.78, 5) is 0. The van der Waals surface area contributed by atoms with Crippen LogP contribution < -0.4 is 9.47 Å². The average molecular weight is 352 g/mol. The van der Waals surface area contributed by atoms with Crippen LogP contribution in [0.5, 0.6) is 11.5 Å². The molecule has 0 aromatic heterocycles. The number of rotatable bonds is 2. The van der Waals surface area contributed by atoms with E-state index in [1.54, 1.807) is 14.2 Å². The fourth-order valence-corrected chi connectivity index (χ4v) is 2.51. The molecule has 3 rings (SSSR count). The Hall–Kier alpha value is -3.62. The van der Waals surface area contributed by atoms with Crippen LogP contribution in [-0.2, 0) is 0 Å². The molecule has 0 aliphatic rings. The third-order valence-electron chi connectivity index (χ3n) is 4.10. The molecule has 0 heterocycles. The predicted molar refractivity (Wildman–Crippen MR) is 109 cm³/mol. The molecular weight excluding hydrogens is 332 g/mol. The lowest BCUT2D eigenvalue weighted by molar-refractivity contribution is 0.414. The maximum absolute atomic E-state index is 5.16. The molecule has 0 radical (unpaired) electrons. The highest BCUT2D eigenvalue weighted by atomic mass is 16.5. The summed E-state index contributed by atoms with van der Waals surface area (Å²) in [6.07, 6.45) is 0. The van der Waals surface area contributed by atoms with Crippen LogP contribution in [0.15, 0.2) is 66.7 Å². The highest BCUT2D eigenvalue weighted by Crippen LogP contribution is 2.13. The lowest BCUT2D eigenvalue weighted by atomic mass is 10.0. The molecule has 2 heteroatoms. The maximum Gasteiger partial charge on any atom is 0.118 e. The minimum absolute atomic E-state index is 0.830. The Morgan fingerprint density at radius 1 is 0.556 bits per heavy atom. The molecule has 0 unspecified atom stereocenters. The third-order valence-corrected chi connectivity index (χ3v) is 4.10. The van der Waals surface area contributed by atoms with Gasteiger partial charge >= 0.3 is 0 Å². The van der Waals surface area contributed by atoms with Crippen molar-refractivity contribution in [2.45, 2.75) is 6.92 Å². The van der Waals surface area contributed by atoms with Crippen LogP contribution in [0.1, 0.15) is 27.8 Å². The zero-order valence-corrected chi connectivity index (χ0v) is 15.7. The first-order valence-corrected chi connectivity index (χ1v) is 8.61. The summed E-state index contributed by atoms with van der Waals surface area (Å²) in [5, 5.41) is 0. The molecule has 0 saturated heterocycles. The van der Waals surface area contributed by atoms with Crippen molar-refractivity contribution in [2.24, 2.45) is 0 Å². The Morgan fingerprint density at radius 2 is 1.00 bits per heavy atom. The molecule has 0 spiro atoms. The molecule has 0 fully saturated rings. The highest BCUT2D eigenvalue weighted by molar-refractivity contribution is 5.51. The summed E-state index contributed by atoms with van der Waals surface area (Å²) in [6.45, 7) is 2.05. The van der Waals surface area contributed by atoms with Gasteiger partial charge in [0.25, 0.3) is 0 Å². The zero-order chi connectivity index (χ0) is 19.1. The van der Waals surface area contributed by atoms with Crippen LogP contribution >= 0.6 is 0 Å². The van der Waals surface area contributed by atoms with Crippen molar-refractivity contribution in [1.29, 1.82) is 0 Å². The largest absolute Gasteiger partial charge is 0.497 e. The van der Waals surface area contributed by atoms with Crippen LogP contribution in [0, 0.1) is 30.6 Å². The molecular formula is C25H20O2. The van der Waals surface area contributed by atoms with Crippen LogP contribution in [0.4, 0.5) is 0 Å². The van der Waals surface area contributed by atoms with Gasteiger partial charge in [0.2, 0.25) is 0 Å². The summed E-state index contributed by atoms with van der Waals surface area (Å²) < 4.78 is 10.3. The van der Waals surface area contributed by atoms with E-state index in [1.807, 2.05) is 60.7 Å². The van der Waals surface area contributed by atoms with E-state index in [0.717, 1.165) is 39.3 Å². The van der Waals surface area contributed by atoms with Gasteiger partial charge in [-0.25, -0.2) is 0 Å². The van der Waals surface area contributed by atoms with Gasteiger partial charge < -0.3 is 9.47 Å². The second kappa shape index (κ2) is 8.65. The summed E-state index contributed by atoms with van der Waals surface area (Å²) in [5.74, 6) is 14.4. The Kier molecular flexibility index (Phi) is 5.83. The highest BCUT2D eigenvalue weighted by Gasteiger charge is 1.97. The Labute approximate surface area is 160 Å². The van der Waals surface area contributed by atoms with Crippen molar-refractivity contribution in [3.05, 3.63) is 94.5 Å². The quantitative estimate of drug-likeness (QED) is 0.616. The number of hydrogen-bond donors (Lipinski definition) is 0. The van der Waals surface area contributed by atoms with Crippen molar-refractivity contribution in [3.63, 3.8) is 0 Å². The van der Waals surface area contributed by atoms with Crippen molar-refractivity contribution < 1.29 is 9.47 Å². The standard InChI is InChI=1S/C25H20O2/c1-19-18-22(5-4-20-8-14-24(26-2)15-9-20)7-13-23(19)12-6-21-10-16-25(27-3)17-11-21/h7-11,13-18H,1-3H3. The van der Waals surface area contributed by atoms with Gasteiger partial charge in [0, 0.05) is 22.3 Å². The molecule has 0 saturated carbocycles. The molecule has 3 aromatic carbocycles. The fourth-order valence-electron chi connectivity index (χ4n) is 2.51. The molecule has 132 valence electrons. The van der Waals surface area contributed by atoms with Crippen molar-refractivity contribution in [3.8, 4) is 35.2 Å². The molecule has 0 aliphatic carbocycles. The van der Waals surface area contributed by atoms with E-state index < -0.39 is 0 Å². The van der Waals surface area contributed by atoms with Gasteiger partial charge in [0.05, 0.1) is 14.2 Å². The van der Waals surface area contributed by atoms with Crippen LogP contribution in [-0.4, -0.2) is 14.2 Å². The molecule has 0 N–H and O–H groups in total. The second-order valence-electron chi connectivity index (χ2n) is 5.99. The second-order valence-corrected chi connectivity index (χ2v) is 5.99. The first-order chi connectivity index (χ1) is 13.2. The number of hydrogen-bond acceptors (Lipinski definition) is 2. The minimum Gasteiger partial charge on any atom is -0.497 e. The summed E-state index contributed by atoms with van der Waals surface area (Å²) in [6, 6.07) is 21.5. The van der Waals surface area contributed by atoms with Gasteiger partial charge in [-0.1, -0.05) is 23.7 Å². The molecule has 0 aliphatic heterocycles. The van der Waals surface area contributed by atoms with E-state index in [9.17, 15) is 0 Å². The molecule has 0 bridgehead atoms. The monoisotopic (exact) mass is 352 g/mol. The van der Waals surface area contributed by atoms with Crippen LogP contribution in [0.3, 0.4) is 0 Å². The van der Waals surface area contributed by atoms with Gasteiger partial charge in [-0.05, 0) is 79.2 Å². The Balaban J connectivity index is 1.76. The normalized spacial score (nSPS) is 9.44. The predicted octanol–water partition coefficient (Wildman–Crippen LogP) is 4.81.